The first-order chi connectivity index (χ1) is 10.2. The Morgan fingerprint density at radius 1 is 1.14 bits per heavy atom. The van der Waals surface area contributed by atoms with Crippen LogP contribution in [0.15, 0.2) is 30.3 Å². The molecule has 3 aliphatic rings. The van der Waals surface area contributed by atoms with Gasteiger partial charge in [0.2, 0.25) is 5.91 Å². The average molecular weight is 284 g/mol. The van der Waals surface area contributed by atoms with E-state index in [0.29, 0.717) is 29.7 Å². The molecule has 3 fully saturated rings. The van der Waals surface area contributed by atoms with Crippen molar-refractivity contribution in [2.45, 2.75) is 37.6 Å². The van der Waals surface area contributed by atoms with Crippen molar-refractivity contribution in [1.29, 1.82) is 0 Å². The summed E-state index contributed by atoms with van der Waals surface area (Å²) < 4.78 is 0. The molecule has 1 aliphatic heterocycles. The van der Waals surface area contributed by atoms with E-state index in [1.807, 2.05) is 6.07 Å². The Balaban J connectivity index is 1.41. The first kappa shape index (κ1) is 13.3. The van der Waals surface area contributed by atoms with Crippen LogP contribution in [0.25, 0.3) is 0 Å². The minimum Gasteiger partial charge on any atom is -0.342 e. The molecule has 1 amide bonds. The third kappa shape index (κ3) is 2.38. The van der Waals surface area contributed by atoms with E-state index < -0.39 is 0 Å². The monoisotopic (exact) mass is 284 g/mol. The first-order valence-corrected chi connectivity index (χ1v) is 8.33. The molecule has 5 atom stereocenters. The van der Waals surface area contributed by atoms with Crippen LogP contribution in [-0.2, 0) is 4.79 Å². The molecule has 3 nitrogen and oxygen atoms in total. The Morgan fingerprint density at radius 3 is 2.71 bits per heavy atom. The first-order valence-electron chi connectivity index (χ1n) is 8.33. The van der Waals surface area contributed by atoms with Crippen molar-refractivity contribution in [2.24, 2.45) is 23.5 Å². The Hall–Kier alpha value is -1.35. The standard InChI is InChI=1S/C18H24N2O/c19-17-8-4-7-13-10-20(11-16(13)17)18(21)15-9-14(15)12-5-2-1-3-6-12/h1-3,5-6,13-17H,4,7-11,19H2. The van der Waals surface area contributed by atoms with Crippen LogP contribution in [0.4, 0.5) is 0 Å². The van der Waals surface area contributed by atoms with Gasteiger partial charge in [0, 0.05) is 25.0 Å². The molecule has 1 aromatic rings. The summed E-state index contributed by atoms with van der Waals surface area (Å²) in [6.07, 6.45) is 4.66. The number of nitrogens with two attached hydrogens (primary N) is 1. The molecule has 4 rings (SSSR count). The van der Waals surface area contributed by atoms with E-state index in [4.69, 9.17) is 5.73 Å². The predicted molar refractivity (Wildman–Crippen MR) is 82.7 cm³/mol. The number of carbonyl (C=O) groups is 1. The fraction of sp³-hybridized carbons (Fsp3) is 0.611. The van der Waals surface area contributed by atoms with Crippen molar-refractivity contribution in [3.8, 4) is 0 Å². The fourth-order valence-electron chi connectivity index (χ4n) is 4.47. The molecule has 0 aromatic heterocycles. The van der Waals surface area contributed by atoms with Crippen molar-refractivity contribution in [2.75, 3.05) is 13.1 Å². The van der Waals surface area contributed by atoms with Gasteiger partial charge in [0.15, 0.2) is 0 Å². The van der Waals surface area contributed by atoms with Gasteiger partial charge in [0.25, 0.3) is 0 Å². The number of amides is 1. The molecule has 3 heteroatoms. The van der Waals surface area contributed by atoms with Gasteiger partial charge in [-0.3, -0.25) is 4.79 Å². The van der Waals surface area contributed by atoms with Gasteiger partial charge in [-0.05, 0) is 42.6 Å². The maximum absolute atomic E-state index is 12.7. The van der Waals surface area contributed by atoms with Crippen LogP contribution in [0.2, 0.25) is 0 Å². The van der Waals surface area contributed by atoms with Gasteiger partial charge in [-0.25, -0.2) is 0 Å². The lowest BCUT2D eigenvalue weighted by molar-refractivity contribution is -0.131. The minimum absolute atomic E-state index is 0.226. The number of hydrogen-bond acceptors (Lipinski definition) is 2. The third-order valence-corrected chi connectivity index (χ3v) is 5.80. The molecule has 2 N–H and O–H groups in total. The zero-order chi connectivity index (χ0) is 14.4. The van der Waals surface area contributed by atoms with Gasteiger partial charge < -0.3 is 10.6 Å². The summed E-state index contributed by atoms with van der Waals surface area (Å²) in [4.78, 5) is 14.8. The molecule has 2 saturated carbocycles. The van der Waals surface area contributed by atoms with Gasteiger partial charge in [-0.15, -0.1) is 0 Å². The van der Waals surface area contributed by atoms with Crippen LogP contribution in [0.1, 0.15) is 37.2 Å². The summed E-state index contributed by atoms with van der Waals surface area (Å²) in [5.41, 5.74) is 7.58. The van der Waals surface area contributed by atoms with Crippen LogP contribution in [0, 0.1) is 17.8 Å². The zero-order valence-corrected chi connectivity index (χ0v) is 12.4. The topological polar surface area (TPSA) is 46.3 Å². The summed E-state index contributed by atoms with van der Waals surface area (Å²) in [6.45, 7) is 1.86. The van der Waals surface area contributed by atoms with Crippen molar-refractivity contribution >= 4 is 5.91 Å². The maximum atomic E-state index is 12.7. The van der Waals surface area contributed by atoms with Gasteiger partial charge >= 0.3 is 0 Å². The number of hydrogen-bond donors (Lipinski definition) is 1. The maximum Gasteiger partial charge on any atom is 0.226 e. The smallest absolute Gasteiger partial charge is 0.226 e. The van der Waals surface area contributed by atoms with E-state index >= 15 is 0 Å². The second-order valence-corrected chi connectivity index (χ2v) is 7.12. The normalized spacial score (nSPS) is 38.1. The van der Waals surface area contributed by atoms with Crippen LogP contribution in [0.5, 0.6) is 0 Å². The molecule has 0 radical (unpaired) electrons. The SMILES string of the molecule is NC1CCCC2CN(C(=O)C3CC3c3ccccc3)CC12. The lowest BCUT2D eigenvalue weighted by atomic mass is 9.78. The van der Waals surface area contributed by atoms with E-state index in [9.17, 15) is 4.79 Å². The summed E-state index contributed by atoms with van der Waals surface area (Å²) in [7, 11) is 0. The molecule has 0 spiro atoms. The predicted octanol–water partition coefficient (Wildman–Crippen LogP) is 2.38. The average Bonchev–Trinajstić information content (AvgIpc) is 3.19. The Bertz CT molecular complexity index is 529. The molecule has 1 saturated heterocycles. The van der Waals surface area contributed by atoms with Crippen LogP contribution >= 0.6 is 0 Å². The van der Waals surface area contributed by atoms with Gasteiger partial charge in [-0.2, -0.15) is 0 Å². The molecule has 1 heterocycles. The second-order valence-electron chi connectivity index (χ2n) is 7.12. The Labute approximate surface area is 126 Å². The lowest BCUT2D eigenvalue weighted by Gasteiger charge is -2.29. The molecule has 2 aliphatic carbocycles. The molecular weight excluding hydrogens is 260 g/mol. The van der Waals surface area contributed by atoms with E-state index in [2.05, 4.69) is 29.2 Å². The van der Waals surface area contributed by atoms with Crippen LogP contribution < -0.4 is 5.73 Å². The molecule has 21 heavy (non-hydrogen) atoms. The fourth-order valence-corrected chi connectivity index (χ4v) is 4.47. The molecule has 0 bridgehead atoms. The number of rotatable bonds is 2. The molecular formula is C18H24N2O. The van der Waals surface area contributed by atoms with Gasteiger partial charge in [-0.1, -0.05) is 36.8 Å². The van der Waals surface area contributed by atoms with Gasteiger partial charge in [0.1, 0.15) is 0 Å². The van der Waals surface area contributed by atoms with Crippen molar-refractivity contribution in [1.82, 2.24) is 4.90 Å². The van der Waals surface area contributed by atoms with Crippen molar-refractivity contribution in [3.05, 3.63) is 35.9 Å². The van der Waals surface area contributed by atoms with Crippen molar-refractivity contribution in [3.63, 3.8) is 0 Å². The Kier molecular flexibility index (Phi) is 3.26. The van der Waals surface area contributed by atoms with Crippen molar-refractivity contribution < 1.29 is 4.79 Å². The highest BCUT2D eigenvalue weighted by Gasteiger charge is 2.49. The highest BCUT2D eigenvalue weighted by Crippen LogP contribution is 2.49. The summed E-state index contributed by atoms with van der Waals surface area (Å²) in [5, 5.41) is 0. The summed E-state index contributed by atoms with van der Waals surface area (Å²) >= 11 is 0. The number of carbonyl (C=O) groups excluding carboxylic acids is 1. The Morgan fingerprint density at radius 2 is 1.95 bits per heavy atom. The van der Waals surface area contributed by atoms with E-state index in [-0.39, 0.29) is 5.92 Å². The van der Waals surface area contributed by atoms with E-state index in [1.165, 1.54) is 18.4 Å². The van der Waals surface area contributed by atoms with Gasteiger partial charge in [0.05, 0.1) is 0 Å². The van der Waals surface area contributed by atoms with Crippen LogP contribution in [-0.4, -0.2) is 29.9 Å². The number of likely N-dealkylation sites (tertiary alicyclic amines) is 1. The lowest BCUT2D eigenvalue weighted by Crippen LogP contribution is -2.38. The van der Waals surface area contributed by atoms with Crippen LogP contribution in [0.3, 0.4) is 0 Å². The highest BCUT2D eigenvalue weighted by molar-refractivity contribution is 5.83. The minimum atomic E-state index is 0.226. The summed E-state index contributed by atoms with van der Waals surface area (Å²) in [6, 6.07) is 10.8. The number of benzene rings is 1. The van der Waals surface area contributed by atoms with E-state index in [0.717, 1.165) is 25.9 Å². The molecule has 1 aromatic carbocycles. The number of fused-ring (bicyclic) bond motifs is 1. The molecule has 5 unspecified atom stereocenters. The zero-order valence-electron chi connectivity index (χ0n) is 12.4. The third-order valence-electron chi connectivity index (χ3n) is 5.80. The van der Waals surface area contributed by atoms with E-state index in [1.54, 1.807) is 0 Å². The second kappa shape index (κ2) is 5.13. The largest absolute Gasteiger partial charge is 0.342 e. The quantitative estimate of drug-likeness (QED) is 0.906. The molecule has 112 valence electrons. The number of nitrogens with zero attached hydrogens (tertiary/aromatic N) is 1. The highest BCUT2D eigenvalue weighted by atomic mass is 16.2. The summed E-state index contributed by atoms with van der Waals surface area (Å²) in [5.74, 6) is 2.27.